The highest BCUT2D eigenvalue weighted by Crippen LogP contribution is 2.27. The fourth-order valence-corrected chi connectivity index (χ4v) is 2.85. The molecule has 0 saturated heterocycles. The van der Waals surface area contributed by atoms with E-state index in [0.29, 0.717) is 5.41 Å². The van der Waals surface area contributed by atoms with E-state index in [9.17, 15) is 0 Å². The van der Waals surface area contributed by atoms with Crippen LogP contribution in [0.2, 0.25) is 0 Å². The van der Waals surface area contributed by atoms with Gasteiger partial charge in [-0.1, -0.05) is 26.8 Å². The van der Waals surface area contributed by atoms with Crippen molar-refractivity contribution in [2.75, 3.05) is 0 Å². The van der Waals surface area contributed by atoms with E-state index >= 15 is 0 Å². The number of aromatic nitrogens is 2. The Kier molecular flexibility index (Phi) is 3.68. The number of hydrogen-bond acceptors (Lipinski definition) is 2. The Morgan fingerprint density at radius 3 is 2.58 bits per heavy atom. The monoisotopic (exact) mass is 259 g/mol. The van der Waals surface area contributed by atoms with Gasteiger partial charge in [0.2, 0.25) is 0 Å². The van der Waals surface area contributed by atoms with E-state index in [2.05, 4.69) is 57.2 Å². The standard InChI is InChI=1S/C16H25N3/c1-15(2,3)12-16(4,5)17-10-13-11-18-19-9-7-6-8-14(13)19/h6-9,11,17H,10,12H2,1-5H3. The van der Waals surface area contributed by atoms with E-state index in [-0.39, 0.29) is 5.54 Å². The Balaban J connectivity index is 2.06. The number of pyridine rings is 1. The van der Waals surface area contributed by atoms with Crippen molar-refractivity contribution in [3.63, 3.8) is 0 Å². The second-order valence-electron chi connectivity index (χ2n) is 7.18. The third kappa shape index (κ3) is 3.80. The minimum atomic E-state index is 0.126. The molecule has 2 aromatic rings. The van der Waals surface area contributed by atoms with Crippen LogP contribution in [0.4, 0.5) is 0 Å². The minimum absolute atomic E-state index is 0.126. The van der Waals surface area contributed by atoms with Gasteiger partial charge >= 0.3 is 0 Å². The molecule has 0 spiro atoms. The van der Waals surface area contributed by atoms with Gasteiger partial charge in [-0.3, -0.25) is 0 Å². The van der Waals surface area contributed by atoms with Gasteiger partial charge in [-0.25, -0.2) is 4.52 Å². The Bertz CT molecular complexity index is 546. The van der Waals surface area contributed by atoms with Crippen LogP contribution < -0.4 is 5.32 Å². The minimum Gasteiger partial charge on any atom is -0.308 e. The number of rotatable bonds is 4. The quantitative estimate of drug-likeness (QED) is 0.908. The molecule has 0 aliphatic rings. The highest BCUT2D eigenvalue weighted by atomic mass is 15.2. The highest BCUT2D eigenvalue weighted by molar-refractivity contribution is 5.53. The van der Waals surface area contributed by atoms with Crippen LogP contribution in [-0.2, 0) is 6.54 Å². The lowest BCUT2D eigenvalue weighted by Gasteiger charge is -2.33. The first-order valence-corrected chi connectivity index (χ1v) is 6.93. The molecule has 104 valence electrons. The first-order valence-electron chi connectivity index (χ1n) is 6.93. The van der Waals surface area contributed by atoms with Crippen molar-refractivity contribution in [2.45, 2.75) is 53.1 Å². The van der Waals surface area contributed by atoms with Crippen molar-refractivity contribution in [3.8, 4) is 0 Å². The largest absolute Gasteiger partial charge is 0.308 e. The molecule has 2 aromatic heterocycles. The lowest BCUT2D eigenvalue weighted by atomic mass is 9.82. The van der Waals surface area contributed by atoms with Crippen LogP contribution in [-0.4, -0.2) is 15.2 Å². The van der Waals surface area contributed by atoms with Crippen molar-refractivity contribution in [3.05, 3.63) is 36.2 Å². The van der Waals surface area contributed by atoms with E-state index in [1.807, 2.05) is 23.0 Å². The number of hydrogen-bond donors (Lipinski definition) is 1. The normalized spacial score (nSPS) is 13.1. The third-order valence-corrected chi connectivity index (χ3v) is 3.24. The molecule has 0 bridgehead atoms. The molecule has 2 heterocycles. The second-order valence-corrected chi connectivity index (χ2v) is 7.18. The summed E-state index contributed by atoms with van der Waals surface area (Å²) in [6, 6.07) is 6.17. The van der Waals surface area contributed by atoms with Gasteiger partial charge in [-0.05, 0) is 37.8 Å². The lowest BCUT2D eigenvalue weighted by Crippen LogP contribution is -2.41. The maximum atomic E-state index is 4.37. The van der Waals surface area contributed by atoms with E-state index in [1.165, 1.54) is 11.1 Å². The molecular formula is C16H25N3. The fraction of sp³-hybridized carbons (Fsp3) is 0.562. The van der Waals surface area contributed by atoms with Gasteiger partial charge in [-0.2, -0.15) is 5.10 Å². The topological polar surface area (TPSA) is 29.3 Å². The maximum Gasteiger partial charge on any atom is 0.0706 e. The smallest absolute Gasteiger partial charge is 0.0706 e. The summed E-state index contributed by atoms with van der Waals surface area (Å²) in [7, 11) is 0. The van der Waals surface area contributed by atoms with Gasteiger partial charge in [0.1, 0.15) is 0 Å². The van der Waals surface area contributed by atoms with Crippen LogP contribution >= 0.6 is 0 Å². The van der Waals surface area contributed by atoms with Crippen molar-refractivity contribution in [2.24, 2.45) is 5.41 Å². The molecule has 19 heavy (non-hydrogen) atoms. The molecule has 0 aliphatic heterocycles. The average molecular weight is 259 g/mol. The predicted molar refractivity (Wildman–Crippen MR) is 80.2 cm³/mol. The average Bonchev–Trinajstić information content (AvgIpc) is 2.66. The van der Waals surface area contributed by atoms with Crippen LogP contribution in [0.5, 0.6) is 0 Å². The zero-order valence-corrected chi connectivity index (χ0v) is 12.7. The molecule has 3 heteroatoms. The number of fused-ring (bicyclic) bond motifs is 1. The molecule has 3 nitrogen and oxygen atoms in total. The SMILES string of the molecule is CC(C)(C)CC(C)(C)NCc1cnn2ccccc12. The highest BCUT2D eigenvalue weighted by Gasteiger charge is 2.24. The molecule has 0 unspecified atom stereocenters. The summed E-state index contributed by atoms with van der Waals surface area (Å²) < 4.78 is 1.92. The molecule has 2 rings (SSSR count). The first kappa shape index (κ1) is 14.1. The van der Waals surface area contributed by atoms with Crippen LogP contribution in [0.25, 0.3) is 5.52 Å². The fourth-order valence-electron chi connectivity index (χ4n) is 2.85. The van der Waals surface area contributed by atoms with Gasteiger partial charge in [0.05, 0.1) is 11.7 Å². The molecular weight excluding hydrogens is 234 g/mol. The predicted octanol–water partition coefficient (Wildman–Crippen LogP) is 3.64. The molecule has 0 saturated carbocycles. The molecule has 0 aliphatic carbocycles. The van der Waals surface area contributed by atoms with Crippen LogP contribution in [0.15, 0.2) is 30.6 Å². The van der Waals surface area contributed by atoms with Crippen LogP contribution in [0, 0.1) is 5.41 Å². The van der Waals surface area contributed by atoms with Gasteiger partial charge in [0, 0.05) is 23.8 Å². The Hall–Kier alpha value is -1.35. The Morgan fingerprint density at radius 1 is 1.16 bits per heavy atom. The molecule has 0 radical (unpaired) electrons. The summed E-state index contributed by atoms with van der Waals surface area (Å²) in [5.41, 5.74) is 2.89. The van der Waals surface area contributed by atoms with Crippen LogP contribution in [0.1, 0.15) is 46.6 Å². The Labute approximate surface area is 116 Å². The summed E-state index contributed by atoms with van der Waals surface area (Å²) in [4.78, 5) is 0. The van der Waals surface area contributed by atoms with E-state index in [0.717, 1.165) is 13.0 Å². The van der Waals surface area contributed by atoms with Gasteiger partial charge in [0.25, 0.3) is 0 Å². The molecule has 1 N–H and O–H groups in total. The summed E-state index contributed by atoms with van der Waals surface area (Å²) in [5, 5.41) is 8.03. The van der Waals surface area contributed by atoms with E-state index in [4.69, 9.17) is 0 Å². The van der Waals surface area contributed by atoms with Crippen LogP contribution in [0.3, 0.4) is 0 Å². The number of nitrogens with one attached hydrogen (secondary N) is 1. The van der Waals surface area contributed by atoms with Crippen molar-refractivity contribution in [1.82, 2.24) is 14.9 Å². The zero-order chi connectivity index (χ0) is 14.1. The maximum absolute atomic E-state index is 4.37. The van der Waals surface area contributed by atoms with Gasteiger partial charge in [0.15, 0.2) is 0 Å². The Morgan fingerprint density at radius 2 is 1.89 bits per heavy atom. The summed E-state index contributed by atoms with van der Waals surface area (Å²) in [6.07, 6.45) is 5.08. The summed E-state index contributed by atoms with van der Waals surface area (Å²) in [6.45, 7) is 12.2. The molecule has 0 fully saturated rings. The van der Waals surface area contributed by atoms with Crippen molar-refractivity contribution >= 4 is 5.52 Å². The molecule has 0 atom stereocenters. The van der Waals surface area contributed by atoms with Gasteiger partial charge < -0.3 is 5.32 Å². The van der Waals surface area contributed by atoms with E-state index < -0.39 is 0 Å². The third-order valence-electron chi connectivity index (χ3n) is 3.24. The lowest BCUT2D eigenvalue weighted by molar-refractivity contribution is 0.241. The number of nitrogens with zero attached hydrogens (tertiary/aromatic N) is 2. The molecule has 0 aromatic carbocycles. The van der Waals surface area contributed by atoms with E-state index in [1.54, 1.807) is 0 Å². The van der Waals surface area contributed by atoms with Gasteiger partial charge in [-0.15, -0.1) is 0 Å². The summed E-state index contributed by atoms with van der Waals surface area (Å²) >= 11 is 0. The zero-order valence-electron chi connectivity index (χ0n) is 12.7. The van der Waals surface area contributed by atoms with Crippen molar-refractivity contribution in [1.29, 1.82) is 0 Å². The van der Waals surface area contributed by atoms with Crippen molar-refractivity contribution < 1.29 is 0 Å². The molecule has 0 amide bonds. The summed E-state index contributed by atoms with van der Waals surface area (Å²) in [5.74, 6) is 0. The first-order chi connectivity index (χ1) is 8.77. The second kappa shape index (κ2) is 4.97.